The first-order valence-corrected chi connectivity index (χ1v) is 13.0. The molecule has 2 heterocycles. The number of piperazine rings is 1. The molecule has 1 aliphatic heterocycles. The molecule has 0 unspecified atom stereocenters. The van der Waals surface area contributed by atoms with E-state index >= 15 is 0 Å². The summed E-state index contributed by atoms with van der Waals surface area (Å²) in [4.78, 5) is 44.3. The zero-order valence-corrected chi connectivity index (χ0v) is 21.2. The third kappa shape index (κ3) is 6.91. The lowest BCUT2D eigenvalue weighted by Gasteiger charge is -2.33. The van der Waals surface area contributed by atoms with Crippen LogP contribution < -0.4 is 10.6 Å². The summed E-state index contributed by atoms with van der Waals surface area (Å²) < 4.78 is 0. The van der Waals surface area contributed by atoms with Gasteiger partial charge in [0.25, 0.3) is 0 Å². The number of anilines is 1. The zero-order valence-electron chi connectivity index (χ0n) is 20.4. The summed E-state index contributed by atoms with van der Waals surface area (Å²) in [6.07, 6.45) is 0.944. The number of nitrogens with zero attached hydrogens (tertiary/aromatic N) is 3. The zero-order chi connectivity index (χ0) is 25.3. The van der Waals surface area contributed by atoms with Crippen LogP contribution in [0.25, 0.3) is 0 Å². The number of hydrogen-bond donors (Lipinski definition) is 2. The standard InChI is InChI=1S/C27H31N5O3S/c1-20(33)31-14-16-32(17-15-31)27(35)30-26-29-23(19-36-26)18-25(34)28-13-12-24(21-8-4-2-5-9-21)22-10-6-3-7-11-22/h2-11,19,24H,12-18H2,1H3,(H,28,34)(H,29,30,35). The van der Waals surface area contributed by atoms with Crippen molar-refractivity contribution >= 4 is 34.3 Å². The lowest BCUT2D eigenvalue weighted by atomic mass is 9.88. The van der Waals surface area contributed by atoms with Crippen molar-refractivity contribution in [3.8, 4) is 0 Å². The summed E-state index contributed by atoms with van der Waals surface area (Å²) >= 11 is 1.30. The molecule has 8 nitrogen and oxygen atoms in total. The largest absolute Gasteiger partial charge is 0.356 e. The third-order valence-electron chi connectivity index (χ3n) is 6.28. The number of carbonyl (C=O) groups is 3. The number of aromatic nitrogens is 1. The average molecular weight is 506 g/mol. The maximum absolute atomic E-state index is 12.6. The quantitative estimate of drug-likeness (QED) is 0.488. The number of rotatable bonds is 8. The van der Waals surface area contributed by atoms with Gasteiger partial charge < -0.3 is 15.1 Å². The molecule has 4 amide bonds. The van der Waals surface area contributed by atoms with Gasteiger partial charge in [-0.05, 0) is 17.5 Å². The van der Waals surface area contributed by atoms with Gasteiger partial charge in [0, 0.05) is 50.9 Å². The minimum atomic E-state index is -0.239. The molecule has 0 aliphatic carbocycles. The maximum atomic E-state index is 12.6. The van der Waals surface area contributed by atoms with E-state index in [4.69, 9.17) is 0 Å². The Balaban J connectivity index is 1.24. The molecule has 1 fully saturated rings. The third-order valence-corrected chi connectivity index (χ3v) is 7.09. The van der Waals surface area contributed by atoms with Gasteiger partial charge in [-0.3, -0.25) is 14.9 Å². The summed E-state index contributed by atoms with van der Waals surface area (Å²) in [6.45, 7) is 4.11. The van der Waals surface area contributed by atoms with E-state index in [1.165, 1.54) is 29.4 Å². The number of amides is 4. The molecule has 1 saturated heterocycles. The lowest BCUT2D eigenvalue weighted by molar-refractivity contribution is -0.130. The van der Waals surface area contributed by atoms with Crippen LogP contribution in [-0.4, -0.2) is 65.4 Å². The van der Waals surface area contributed by atoms with E-state index < -0.39 is 0 Å². The van der Waals surface area contributed by atoms with Crippen molar-refractivity contribution in [2.24, 2.45) is 0 Å². The molecule has 4 rings (SSSR count). The van der Waals surface area contributed by atoms with Crippen LogP contribution in [0.5, 0.6) is 0 Å². The van der Waals surface area contributed by atoms with E-state index in [1.54, 1.807) is 15.2 Å². The first kappa shape index (κ1) is 25.4. The topological polar surface area (TPSA) is 94.6 Å². The Hall–Kier alpha value is -3.72. The van der Waals surface area contributed by atoms with Gasteiger partial charge in [-0.15, -0.1) is 11.3 Å². The van der Waals surface area contributed by atoms with Crippen molar-refractivity contribution in [2.75, 3.05) is 38.0 Å². The summed E-state index contributed by atoms with van der Waals surface area (Å²) in [6, 6.07) is 20.4. The number of carbonyl (C=O) groups excluding carboxylic acids is 3. The van der Waals surface area contributed by atoms with Crippen LogP contribution in [0.1, 0.15) is 36.1 Å². The fraction of sp³-hybridized carbons (Fsp3) is 0.333. The van der Waals surface area contributed by atoms with Gasteiger partial charge in [-0.1, -0.05) is 60.7 Å². The van der Waals surface area contributed by atoms with Crippen molar-refractivity contribution in [1.82, 2.24) is 20.1 Å². The van der Waals surface area contributed by atoms with E-state index in [9.17, 15) is 14.4 Å². The molecule has 0 radical (unpaired) electrons. The highest BCUT2D eigenvalue weighted by molar-refractivity contribution is 7.13. The highest BCUT2D eigenvalue weighted by Gasteiger charge is 2.23. The predicted octanol–water partition coefficient (Wildman–Crippen LogP) is 3.72. The maximum Gasteiger partial charge on any atom is 0.323 e. The van der Waals surface area contributed by atoms with Gasteiger partial charge in [0.05, 0.1) is 12.1 Å². The highest BCUT2D eigenvalue weighted by atomic mass is 32.1. The second kappa shape index (κ2) is 12.3. The molecular weight excluding hydrogens is 474 g/mol. The van der Waals surface area contributed by atoms with Gasteiger partial charge in [0.15, 0.2) is 5.13 Å². The van der Waals surface area contributed by atoms with Gasteiger partial charge >= 0.3 is 6.03 Å². The molecule has 188 valence electrons. The molecule has 1 aliphatic rings. The van der Waals surface area contributed by atoms with Crippen LogP contribution in [0.4, 0.5) is 9.93 Å². The summed E-state index contributed by atoms with van der Waals surface area (Å²) in [5, 5.41) is 8.07. The van der Waals surface area contributed by atoms with Crippen molar-refractivity contribution in [3.05, 3.63) is 82.9 Å². The molecule has 9 heteroatoms. The monoisotopic (exact) mass is 505 g/mol. The fourth-order valence-electron chi connectivity index (χ4n) is 4.32. The van der Waals surface area contributed by atoms with Crippen LogP contribution in [0, 0.1) is 0 Å². The second-order valence-corrected chi connectivity index (χ2v) is 9.61. The molecule has 0 saturated carbocycles. The first-order valence-electron chi connectivity index (χ1n) is 12.1. The van der Waals surface area contributed by atoms with E-state index in [1.807, 2.05) is 36.4 Å². The van der Waals surface area contributed by atoms with Gasteiger partial charge in [0.2, 0.25) is 11.8 Å². The molecular formula is C27H31N5O3S. The number of benzene rings is 2. The molecule has 2 N–H and O–H groups in total. The average Bonchev–Trinajstić information content (AvgIpc) is 3.34. The second-order valence-electron chi connectivity index (χ2n) is 8.76. The smallest absolute Gasteiger partial charge is 0.323 e. The van der Waals surface area contributed by atoms with Gasteiger partial charge in [-0.25, -0.2) is 9.78 Å². The van der Waals surface area contributed by atoms with Crippen LogP contribution in [0.2, 0.25) is 0 Å². The number of thiazole rings is 1. The summed E-state index contributed by atoms with van der Waals surface area (Å²) in [5.41, 5.74) is 3.07. The molecule has 0 spiro atoms. The molecule has 36 heavy (non-hydrogen) atoms. The van der Waals surface area contributed by atoms with Crippen molar-refractivity contribution < 1.29 is 14.4 Å². The van der Waals surface area contributed by atoms with Crippen LogP contribution >= 0.6 is 11.3 Å². The fourth-order valence-corrected chi connectivity index (χ4v) is 5.02. The first-order chi connectivity index (χ1) is 17.5. The Bertz CT molecular complexity index is 1120. The highest BCUT2D eigenvalue weighted by Crippen LogP contribution is 2.27. The van der Waals surface area contributed by atoms with Crippen molar-refractivity contribution in [3.63, 3.8) is 0 Å². The molecule has 1 aromatic heterocycles. The Labute approximate surface area is 215 Å². The van der Waals surface area contributed by atoms with E-state index in [0.717, 1.165) is 6.42 Å². The summed E-state index contributed by atoms with van der Waals surface area (Å²) in [5.74, 6) is 0.123. The minimum absolute atomic E-state index is 0.0218. The van der Waals surface area contributed by atoms with E-state index in [-0.39, 0.29) is 30.2 Å². The van der Waals surface area contributed by atoms with Gasteiger partial charge in [-0.2, -0.15) is 0 Å². The van der Waals surface area contributed by atoms with Crippen molar-refractivity contribution in [1.29, 1.82) is 0 Å². The number of urea groups is 1. The van der Waals surface area contributed by atoms with Crippen LogP contribution in [0.3, 0.4) is 0 Å². The molecule has 0 bridgehead atoms. The minimum Gasteiger partial charge on any atom is -0.356 e. The molecule has 3 aromatic rings. The molecule has 0 atom stereocenters. The number of nitrogens with one attached hydrogen (secondary N) is 2. The Morgan fingerprint density at radius 3 is 2.08 bits per heavy atom. The van der Waals surface area contributed by atoms with E-state index in [2.05, 4.69) is 39.9 Å². The van der Waals surface area contributed by atoms with Gasteiger partial charge in [0.1, 0.15) is 0 Å². The Morgan fingerprint density at radius 2 is 1.50 bits per heavy atom. The normalized spacial score (nSPS) is 13.5. The Morgan fingerprint density at radius 1 is 0.917 bits per heavy atom. The van der Waals surface area contributed by atoms with Crippen LogP contribution in [-0.2, 0) is 16.0 Å². The molecule has 2 aromatic carbocycles. The SMILES string of the molecule is CC(=O)N1CCN(C(=O)Nc2nc(CC(=O)NCCC(c3ccccc3)c3ccccc3)cs2)CC1. The van der Waals surface area contributed by atoms with E-state index in [0.29, 0.717) is 43.5 Å². The van der Waals surface area contributed by atoms with Crippen molar-refractivity contribution in [2.45, 2.75) is 25.7 Å². The lowest BCUT2D eigenvalue weighted by Crippen LogP contribution is -2.51. The predicted molar refractivity (Wildman–Crippen MR) is 141 cm³/mol. The Kier molecular flexibility index (Phi) is 8.67. The number of hydrogen-bond acceptors (Lipinski definition) is 5. The summed E-state index contributed by atoms with van der Waals surface area (Å²) in [7, 11) is 0. The van der Waals surface area contributed by atoms with Crippen LogP contribution in [0.15, 0.2) is 66.0 Å².